The Balaban J connectivity index is 2.30. The Morgan fingerprint density at radius 2 is 1.86 bits per heavy atom. The van der Waals surface area contributed by atoms with Crippen LogP contribution in [-0.4, -0.2) is 69.5 Å². The summed E-state index contributed by atoms with van der Waals surface area (Å²) < 4.78 is 31.2. The zero-order chi connectivity index (χ0) is 21.4. The molecule has 0 amide bonds. The van der Waals surface area contributed by atoms with E-state index in [1.807, 2.05) is 0 Å². The van der Waals surface area contributed by atoms with E-state index in [0.29, 0.717) is 37.0 Å². The Morgan fingerprint density at radius 3 is 2.41 bits per heavy atom. The van der Waals surface area contributed by atoms with Crippen molar-refractivity contribution in [1.29, 1.82) is 5.26 Å². The molecule has 2 heterocycles. The zero-order valence-electron chi connectivity index (χ0n) is 18.0. The maximum absolute atomic E-state index is 8.89. The molecule has 1 aromatic rings. The van der Waals surface area contributed by atoms with Gasteiger partial charge in [-0.25, -0.2) is 4.67 Å². The van der Waals surface area contributed by atoms with Gasteiger partial charge in [-0.1, -0.05) is 0 Å². The molecule has 0 aromatic carbocycles. The van der Waals surface area contributed by atoms with Gasteiger partial charge in [0.15, 0.2) is 19.4 Å². The van der Waals surface area contributed by atoms with Crippen LogP contribution in [0.15, 0.2) is 4.42 Å². The summed E-state index contributed by atoms with van der Waals surface area (Å²) >= 11 is 0. The Morgan fingerprint density at radius 1 is 1.21 bits per heavy atom. The van der Waals surface area contributed by atoms with E-state index in [9.17, 15) is 0 Å². The average molecular weight is 423 g/mol. The zero-order valence-corrected chi connectivity index (χ0v) is 18.9. The van der Waals surface area contributed by atoms with E-state index in [2.05, 4.69) is 43.3 Å². The van der Waals surface area contributed by atoms with E-state index in [1.165, 1.54) is 7.11 Å². The van der Waals surface area contributed by atoms with E-state index in [-0.39, 0.29) is 30.8 Å². The van der Waals surface area contributed by atoms with Crippen LogP contribution in [0.5, 0.6) is 11.5 Å². The van der Waals surface area contributed by atoms with Gasteiger partial charge in [-0.15, -0.1) is 0 Å². The fraction of sp³-hybridized carbons (Fsp3) is 0.737. The van der Waals surface area contributed by atoms with Crippen molar-refractivity contribution in [1.82, 2.24) is 9.57 Å². The maximum Gasteiger partial charge on any atom is 0.321 e. The lowest BCUT2D eigenvalue weighted by Gasteiger charge is -2.35. The van der Waals surface area contributed by atoms with Crippen molar-refractivity contribution in [2.75, 3.05) is 40.0 Å². The summed E-state index contributed by atoms with van der Waals surface area (Å²) in [5.74, 6) is 1.44. The summed E-state index contributed by atoms with van der Waals surface area (Å²) in [6.45, 7) is 12.1. The molecule has 1 unspecified atom stereocenters. The Kier molecular flexibility index (Phi) is 9.74. The van der Waals surface area contributed by atoms with Gasteiger partial charge in [0.25, 0.3) is 0 Å². The standard InChI is InChI=1S/C19H31BN3O5P/c1-14(2)23(15(3)4)29(26-10-6-7-21)28-17-16(27-19(20)18(17)24-5)13-22-8-11-25-12-9-22/h14-15H,6,8-13H2,1-5H3. The van der Waals surface area contributed by atoms with Crippen LogP contribution in [0.25, 0.3) is 0 Å². The minimum Gasteiger partial charge on any atom is -0.491 e. The molecule has 10 heteroatoms. The number of hydrogen-bond donors (Lipinski definition) is 0. The first-order chi connectivity index (χ1) is 13.9. The van der Waals surface area contributed by atoms with Crippen LogP contribution in [0.1, 0.15) is 39.9 Å². The molecule has 0 N–H and O–H groups in total. The molecule has 0 spiro atoms. The van der Waals surface area contributed by atoms with Gasteiger partial charge in [-0.05, 0) is 27.7 Å². The van der Waals surface area contributed by atoms with Crippen molar-refractivity contribution in [3.8, 4) is 17.6 Å². The van der Waals surface area contributed by atoms with Crippen LogP contribution >= 0.6 is 8.53 Å². The maximum atomic E-state index is 8.89. The molecule has 2 rings (SSSR count). The molecule has 8 nitrogen and oxygen atoms in total. The normalized spacial score (nSPS) is 16.4. The fourth-order valence-electron chi connectivity index (χ4n) is 3.18. The SMILES string of the molecule is [B]c1oc(CN2CCOCC2)c(OP(OCCC#N)N(C(C)C)C(C)C)c1OC. The van der Waals surface area contributed by atoms with Gasteiger partial charge < -0.3 is 22.9 Å². The highest BCUT2D eigenvalue weighted by atomic mass is 31.2. The molecule has 0 saturated carbocycles. The van der Waals surface area contributed by atoms with Gasteiger partial charge in [0.05, 0.1) is 51.6 Å². The molecular formula is C19H31BN3O5P. The van der Waals surface area contributed by atoms with Gasteiger partial charge in [-0.3, -0.25) is 4.90 Å². The highest BCUT2D eigenvalue weighted by Crippen LogP contribution is 2.49. The van der Waals surface area contributed by atoms with Crippen LogP contribution in [0.3, 0.4) is 0 Å². The smallest absolute Gasteiger partial charge is 0.321 e. The molecular weight excluding hydrogens is 392 g/mol. The summed E-state index contributed by atoms with van der Waals surface area (Å²) in [4.78, 5) is 2.22. The second kappa shape index (κ2) is 11.8. The van der Waals surface area contributed by atoms with E-state index in [1.54, 1.807) is 0 Å². The lowest BCUT2D eigenvalue weighted by molar-refractivity contribution is 0.0311. The minimum atomic E-state index is -1.50. The van der Waals surface area contributed by atoms with Crippen LogP contribution in [0.2, 0.25) is 0 Å². The van der Waals surface area contributed by atoms with E-state index in [4.69, 9.17) is 36.0 Å². The largest absolute Gasteiger partial charge is 0.491 e. The first-order valence-corrected chi connectivity index (χ1v) is 11.0. The summed E-state index contributed by atoms with van der Waals surface area (Å²) in [6.07, 6.45) is 0.289. The topological polar surface area (TPSA) is 80.3 Å². The lowest BCUT2D eigenvalue weighted by atomic mass is 10.1. The van der Waals surface area contributed by atoms with Crippen molar-refractivity contribution in [3.63, 3.8) is 0 Å². The number of furan rings is 1. The Labute approximate surface area is 176 Å². The van der Waals surface area contributed by atoms with Crippen molar-refractivity contribution >= 4 is 22.0 Å². The monoisotopic (exact) mass is 423 g/mol. The fourth-order valence-corrected chi connectivity index (χ4v) is 4.80. The summed E-state index contributed by atoms with van der Waals surface area (Å²) in [5, 5.41) is 8.89. The van der Waals surface area contributed by atoms with Crippen molar-refractivity contribution in [2.45, 2.75) is 52.7 Å². The first-order valence-electron chi connectivity index (χ1n) is 9.90. The number of ether oxygens (including phenoxy) is 2. The predicted octanol–water partition coefficient (Wildman–Crippen LogP) is 2.57. The third-order valence-corrected chi connectivity index (χ3v) is 6.47. The van der Waals surface area contributed by atoms with Gasteiger partial charge >= 0.3 is 8.53 Å². The van der Waals surface area contributed by atoms with Crippen molar-refractivity contribution in [2.24, 2.45) is 0 Å². The number of nitrogens with zero attached hydrogens (tertiary/aromatic N) is 3. The number of hydrogen-bond acceptors (Lipinski definition) is 8. The van der Waals surface area contributed by atoms with Gasteiger partial charge in [0.2, 0.25) is 5.75 Å². The number of nitriles is 1. The average Bonchev–Trinajstić information content (AvgIpc) is 2.96. The van der Waals surface area contributed by atoms with Gasteiger partial charge in [0, 0.05) is 25.2 Å². The van der Waals surface area contributed by atoms with E-state index in [0.717, 1.165) is 13.1 Å². The Bertz CT molecular complexity index is 666. The molecule has 1 fully saturated rings. The molecule has 1 atom stereocenters. The second-order valence-electron chi connectivity index (χ2n) is 7.28. The number of morpholine rings is 1. The third kappa shape index (κ3) is 6.60. The number of methoxy groups -OCH3 is 1. The van der Waals surface area contributed by atoms with E-state index < -0.39 is 8.53 Å². The summed E-state index contributed by atoms with van der Waals surface area (Å²) in [6, 6.07) is 2.47. The van der Waals surface area contributed by atoms with E-state index >= 15 is 0 Å². The predicted molar refractivity (Wildman–Crippen MR) is 113 cm³/mol. The van der Waals surface area contributed by atoms with Crippen molar-refractivity contribution < 1.29 is 22.9 Å². The highest BCUT2D eigenvalue weighted by Gasteiger charge is 2.32. The number of rotatable bonds is 11. The Hall–Kier alpha value is -1.30. The van der Waals surface area contributed by atoms with Crippen LogP contribution < -0.4 is 14.9 Å². The van der Waals surface area contributed by atoms with Crippen LogP contribution in [0, 0.1) is 11.3 Å². The van der Waals surface area contributed by atoms with Crippen LogP contribution in [-0.2, 0) is 15.8 Å². The highest BCUT2D eigenvalue weighted by molar-refractivity contribution is 7.45. The molecule has 0 bridgehead atoms. The molecule has 29 heavy (non-hydrogen) atoms. The summed E-state index contributed by atoms with van der Waals surface area (Å²) in [7, 11) is 6.09. The molecule has 1 aliphatic rings. The molecule has 1 aromatic heterocycles. The molecule has 0 aliphatic carbocycles. The van der Waals surface area contributed by atoms with Gasteiger partial charge in [0.1, 0.15) is 0 Å². The molecule has 2 radical (unpaired) electrons. The summed E-state index contributed by atoms with van der Waals surface area (Å²) in [5.41, 5.74) is 0.179. The van der Waals surface area contributed by atoms with Gasteiger partial charge in [-0.2, -0.15) is 5.26 Å². The minimum absolute atomic E-state index is 0.179. The lowest BCUT2D eigenvalue weighted by Crippen LogP contribution is -2.36. The first kappa shape index (κ1) is 24.0. The second-order valence-corrected chi connectivity index (χ2v) is 8.66. The molecule has 160 valence electrons. The quantitative estimate of drug-likeness (QED) is 0.305. The van der Waals surface area contributed by atoms with Crippen LogP contribution in [0.4, 0.5) is 0 Å². The third-order valence-electron chi connectivity index (χ3n) is 4.42. The van der Waals surface area contributed by atoms with Crippen molar-refractivity contribution in [3.05, 3.63) is 5.76 Å². The molecule has 1 saturated heterocycles. The molecule has 1 aliphatic heterocycles.